The maximum absolute atomic E-state index is 4.69. The van der Waals surface area contributed by atoms with Gasteiger partial charge in [-0.2, -0.15) is 4.98 Å². The third-order valence-corrected chi connectivity index (χ3v) is 5.72. The van der Waals surface area contributed by atoms with Crippen molar-refractivity contribution in [2.75, 3.05) is 44.0 Å². The van der Waals surface area contributed by atoms with Crippen LogP contribution in [0.2, 0.25) is 0 Å². The molecule has 1 aromatic heterocycles. The highest BCUT2D eigenvalue weighted by molar-refractivity contribution is 5.43. The summed E-state index contributed by atoms with van der Waals surface area (Å²) in [6.07, 6.45) is 4.18. The minimum absolute atomic E-state index is 0.217. The Hall–Kier alpha value is -2.14. The van der Waals surface area contributed by atoms with E-state index in [0.717, 1.165) is 44.2 Å². The number of likely N-dealkylation sites (tertiary alicyclic amines) is 1. The topological polar surface area (TPSA) is 35.5 Å². The van der Waals surface area contributed by atoms with Gasteiger partial charge in [0.25, 0.3) is 0 Å². The molecular formula is C23H35N5. The fourth-order valence-corrected chi connectivity index (χ4v) is 3.77. The second-order valence-electron chi connectivity index (χ2n) is 9.17. The molecule has 1 aliphatic rings. The fourth-order valence-electron chi connectivity index (χ4n) is 3.77. The largest absolute Gasteiger partial charge is 0.356 e. The van der Waals surface area contributed by atoms with Crippen LogP contribution in [-0.2, 0) is 12.0 Å². The summed E-state index contributed by atoms with van der Waals surface area (Å²) in [6, 6.07) is 11.7. The van der Waals surface area contributed by atoms with Crippen LogP contribution in [0.15, 0.2) is 36.5 Å². The van der Waals surface area contributed by atoms with Crippen molar-refractivity contribution in [2.45, 2.75) is 51.6 Å². The van der Waals surface area contributed by atoms with Gasteiger partial charge in [-0.3, -0.25) is 4.90 Å². The van der Waals surface area contributed by atoms with E-state index < -0.39 is 0 Å². The average Bonchev–Trinajstić information content (AvgIpc) is 2.68. The minimum atomic E-state index is 0.217. The van der Waals surface area contributed by atoms with Crippen LogP contribution in [0.4, 0.5) is 11.8 Å². The molecule has 2 heterocycles. The molecule has 2 aromatic rings. The van der Waals surface area contributed by atoms with E-state index in [1.54, 1.807) is 0 Å². The lowest BCUT2D eigenvalue weighted by Crippen LogP contribution is -2.43. The van der Waals surface area contributed by atoms with E-state index in [1.165, 1.54) is 11.1 Å². The molecule has 1 aliphatic heterocycles. The van der Waals surface area contributed by atoms with Gasteiger partial charge in [0.15, 0.2) is 0 Å². The molecule has 0 spiro atoms. The highest BCUT2D eigenvalue weighted by Crippen LogP contribution is 2.24. The van der Waals surface area contributed by atoms with Crippen molar-refractivity contribution in [1.82, 2.24) is 14.9 Å². The van der Waals surface area contributed by atoms with Gasteiger partial charge >= 0.3 is 0 Å². The highest BCUT2D eigenvalue weighted by atomic mass is 15.3. The van der Waals surface area contributed by atoms with E-state index >= 15 is 0 Å². The van der Waals surface area contributed by atoms with E-state index in [-0.39, 0.29) is 5.41 Å². The Labute approximate surface area is 170 Å². The zero-order chi connectivity index (χ0) is 20.3. The van der Waals surface area contributed by atoms with Crippen LogP contribution in [-0.4, -0.2) is 55.1 Å². The maximum Gasteiger partial charge on any atom is 0.226 e. The monoisotopic (exact) mass is 381 g/mol. The second-order valence-corrected chi connectivity index (χ2v) is 9.17. The van der Waals surface area contributed by atoms with Gasteiger partial charge in [0.1, 0.15) is 5.82 Å². The number of rotatable bonds is 5. The lowest BCUT2D eigenvalue weighted by Gasteiger charge is -2.37. The van der Waals surface area contributed by atoms with Gasteiger partial charge in [-0.1, -0.05) is 45.0 Å². The Morgan fingerprint density at radius 1 is 1.00 bits per heavy atom. The molecule has 5 heteroatoms. The Balaban J connectivity index is 1.55. The molecular weight excluding hydrogens is 346 g/mol. The molecule has 0 amide bonds. The molecule has 1 fully saturated rings. The van der Waals surface area contributed by atoms with Crippen LogP contribution in [0, 0.1) is 0 Å². The molecule has 0 atom stereocenters. The third kappa shape index (κ3) is 5.02. The van der Waals surface area contributed by atoms with Gasteiger partial charge in [-0.15, -0.1) is 0 Å². The number of nitrogens with zero attached hydrogens (tertiary/aromatic N) is 5. The van der Waals surface area contributed by atoms with Crippen molar-refractivity contribution in [3.05, 3.63) is 47.7 Å². The van der Waals surface area contributed by atoms with Crippen molar-refractivity contribution >= 4 is 11.8 Å². The number of hydrogen-bond donors (Lipinski definition) is 0. The number of aromatic nitrogens is 2. The Bertz CT molecular complexity index is 755. The quantitative estimate of drug-likeness (QED) is 0.784. The molecule has 0 saturated carbocycles. The zero-order valence-corrected chi connectivity index (χ0v) is 18.3. The average molecular weight is 382 g/mol. The predicted molar refractivity (Wildman–Crippen MR) is 118 cm³/mol. The smallest absolute Gasteiger partial charge is 0.226 e. The molecule has 3 rings (SSSR count). The SMILES string of the molecule is CN(C)c1nccc(N(C)C2CCN(Cc3ccc(C(C)(C)C)cc3)CC2)n1. The highest BCUT2D eigenvalue weighted by Gasteiger charge is 2.24. The van der Waals surface area contributed by atoms with Gasteiger partial charge in [0, 0.05) is 53.0 Å². The van der Waals surface area contributed by atoms with E-state index in [1.807, 2.05) is 31.3 Å². The zero-order valence-electron chi connectivity index (χ0n) is 18.3. The maximum atomic E-state index is 4.69. The van der Waals surface area contributed by atoms with E-state index in [4.69, 9.17) is 0 Å². The second kappa shape index (κ2) is 8.48. The molecule has 152 valence electrons. The van der Waals surface area contributed by atoms with Crippen LogP contribution in [0.1, 0.15) is 44.7 Å². The normalized spacial score (nSPS) is 16.2. The van der Waals surface area contributed by atoms with Crippen molar-refractivity contribution in [3.63, 3.8) is 0 Å². The number of anilines is 2. The Kier molecular flexibility index (Phi) is 6.23. The molecule has 5 nitrogen and oxygen atoms in total. The van der Waals surface area contributed by atoms with Crippen LogP contribution in [0.5, 0.6) is 0 Å². The van der Waals surface area contributed by atoms with E-state index in [0.29, 0.717) is 6.04 Å². The van der Waals surface area contributed by atoms with Crippen LogP contribution in [0.25, 0.3) is 0 Å². The van der Waals surface area contributed by atoms with Crippen molar-refractivity contribution < 1.29 is 0 Å². The first-order valence-corrected chi connectivity index (χ1v) is 10.3. The summed E-state index contributed by atoms with van der Waals surface area (Å²) in [7, 11) is 6.12. The van der Waals surface area contributed by atoms with Crippen LogP contribution < -0.4 is 9.80 Å². The van der Waals surface area contributed by atoms with E-state index in [2.05, 4.69) is 71.9 Å². The van der Waals surface area contributed by atoms with Crippen LogP contribution in [0.3, 0.4) is 0 Å². The molecule has 0 bridgehead atoms. The summed E-state index contributed by atoms with van der Waals surface area (Å²) in [5, 5.41) is 0. The summed E-state index contributed by atoms with van der Waals surface area (Å²) in [4.78, 5) is 15.9. The molecule has 0 N–H and O–H groups in total. The lowest BCUT2D eigenvalue weighted by molar-refractivity contribution is 0.203. The number of hydrogen-bond acceptors (Lipinski definition) is 5. The first-order valence-electron chi connectivity index (χ1n) is 10.3. The fraction of sp³-hybridized carbons (Fsp3) is 0.565. The number of benzene rings is 1. The predicted octanol–water partition coefficient (Wildman–Crippen LogP) is 3.94. The number of piperidine rings is 1. The molecule has 28 heavy (non-hydrogen) atoms. The first-order chi connectivity index (χ1) is 13.2. The van der Waals surface area contributed by atoms with Gasteiger partial charge < -0.3 is 9.80 Å². The molecule has 0 unspecified atom stereocenters. The molecule has 0 radical (unpaired) electrons. The standard InChI is InChI=1S/C23H35N5/c1-23(2,3)19-9-7-18(8-10-19)17-28-15-12-20(13-16-28)27(6)21-11-14-24-22(25-21)26(4)5/h7-11,14,20H,12-13,15-17H2,1-6H3. The summed E-state index contributed by atoms with van der Waals surface area (Å²) in [6.45, 7) is 10.1. The van der Waals surface area contributed by atoms with Gasteiger partial charge in [-0.05, 0) is 35.4 Å². The van der Waals surface area contributed by atoms with Crippen molar-refractivity contribution in [2.24, 2.45) is 0 Å². The first kappa shape index (κ1) is 20.6. The third-order valence-electron chi connectivity index (χ3n) is 5.72. The molecule has 1 aromatic carbocycles. The molecule has 0 aliphatic carbocycles. The summed E-state index contributed by atoms with van der Waals surface area (Å²) in [5.74, 6) is 1.77. The van der Waals surface area contributed by atoms with Crippen molar-refractivity contribution in [1.29, 1.82) is 0 Å². The lowest BCUT2D eigenvalue weighted by atomic mass is 9.86. The van der Waals surface area contributed by atoms with Crippen LogP contribution >= 0.6 is 0 Å². The van der Waals surface area contributed by atoms with Gasteiger partial charge in [0.2, 0.25) is 5.95 Å². The van der Waals surface area contributed by atoms with E-state index in [9.17, 15) is 0 Å². The summed E-state index contributed by atoms with van der Waals surface area (Å²) in [5.41, 5.74) is 3.03. The summed E-state index contributed by atoms with van der Waals surface area (Å²) >= 11 is 0. The Morgan fingerprint density at radius 2 is 1.64 bits per heavy atom. The Morgan fingerprint density at radius 3 is 2.21 bits per heavy atom. The van der Waals surface area contributed by atoms with Gasteiger partial charge in [0.05, 0.1) is 0 Å². The van der Waals surface area contributed by atoms with Gasteiger partial charge in [-0.25, -0.2) is 4.98 Å². The minimum Gasteiger partial charge on any atom is -0.356 e. The summed E-state index contributed by atoms with van der Waals surface area (Å²) < 4.78 is 0. The van der Waals surface area contributed by atoms with Crippen molar-refractivity contribution in [3.8, 4) is 0 Å². The molecule has 1 saturated heterocycles.